The number of hydrogen-bond donors (Lipinski definition) is 1. The Hall–Kier alpha value is -3.08. The monoisotopic (exact) mass is 403 g/mol. The highest BCUT2D eigenvalue weighted by atomic mass is 16.5. The second-order valence-corrected chi connectivity index (χ2v) is 8.04. The molecule has 0 saturated carbocycles. The summed E-state index contributed by atoms with van der Waals surface area (Å²) in [6.07, 6.45) is 6.12. The van der Waals surface area contributed by atoms with E-state index in [-0.39, 0.29) is 11.9 Å². The highest BCUT2D eigenvalue weighted by Gasteiger charge is 2.26. The summed E-state index contributed by atoms with van der Waals surface area (Å²) < 4.78 is 7.25. The van der Waals surface area contributed by atoms with Crippen LogP contribution in [0.25, 0.3) is 5.69 Å². The predicted octanol–water partition coefficient (Wildman–Crippen LogP) is 4.62. The number of methoxy groups -OCH3 is 1. The number of aromatic nitrogens is 2. The summed E-state index contributed by atoms with van der Waals surface area (Å²) in [5.74, 6) is 0.918. The summed E-state index contributed by atoms with van der Waals surface area (Å²) in [6.45, 7) is 4.26. The van der Waals surface area contributed by atoms with E-state index in [2.05, 4.69) is 42.0 Å². The standard InChI is InChI=1S/C25H29N3O2/c1-17-6-4-8-23(18(17)2)28-24-9-5-7-22(21(24)16-26-28)27-25(29)15-12-19-10-13-20(30-3)14-11-19/h4,6,8,10-11,13-14,16,22H,5,7,9,12,15H2,1-3H3,(H,27,29)/t22-/m0/s1. The van der Waals surface area contributed by atoms with Crippen LogP contribution in [0.3, 0.4) is 0 Å². The van der Waals surface area contributed by atoms with E-state index in [1.165, 1.54) is 16.8 Å². The van der Waals surface area contributed by atoms with Gasteiger partial charge >= 0.3 is 0 Å². The number of rotatable bonds is 6. The Bertz CT molecular complexity index is 1040. The van der Waals surface area contributed by atoms with Gasteiger partial charge in [0.2, 0.25) is 5.91 Å². The number of hydrogen-bond acceptors (Lipinski definition) is 3. The van der Waals surface area contributed by atoms with E-state index in [0.29, 0.717) is 6.42 Å². The van der Waals surface area contributed by atoms with E-state index in [4.69, 9.17) is 9.84 Å². The van der Waals surface area contributed by atoms with Crippen molar-refractivity contribution in [1.82, 2.24) is 15.1 Å². The van der Waals surface area contributed by atoms with Gasteiger partial charge in [-0.15, -0.1) is 0 Å². The molecule has 1 aliphatic carbocycles. The van der Waals surface area contributed by atoms with Gasteiger partial charge in [0.1, 0.15) is 5.75 Å². The molecule has 0 radical (unpaired) electrons. The van der Waals surface area contributed by atoms with E-state index in [1.807, 2.05) is 30.5 Å². The van der Waals surface area contributed by atoms with Crippen LogP contribution in [-0.4, -0.2) is 22.8 Å². The molecule has 0 bridgehead atoms. The first kappa shape index (κ1) is 20.2. The van der Waals surface area contributed by atoms with E-state index in [1.54, 1.807) is 7.11 Å². The van der Waals surface area contributed by atoms with Crippen molar-refractivity contribution in [1.29, 1.82) is 0 Å². The smallest absolute Gasteiger partial charge is 0.220 e. The first-order valence-corrected chi connectivity index (χ1v) is 10.6. The Kier molecular flexibility index (Phi) is 5.88. The molecule has 0 fully saturated rings. The quantitative estimate of drug-likeness (QED) is 0.653. The molecule has 1 aliphatic rings. The lowest BCUT2D eigenvalue weighted by Gasteiger charge is -2.24. The summed E-state index contributed by atoms with van der Waals surface area (Å²) in [5.41, 5.74) is 7.14. The lowest BCUT2D eigenvalue weighted by Crippen LogP contribution is -2.31. The normalized spacial score (nSPS) is 15.5. The van der Waals surface area contributed by atoms with Gasteiger partial charge in [-0.1, -0.05) is 24.3 Å². The Morgan fingerprint density at radius 3 is 2.77 bits per heavy atom. The Morgan fingerprint density at radius 1 is 1.20 bits per heavy atom. The van der Waals surface area contributed by atoms with Crippen molar-refractivity contribution in [3.8, 4) is 11.4 Å². The molecule has 5 heteroatoms. The van der Waals surface area contributed by atoms with Crippen LogP contribution < -0.4 is 10.1 Å². The van der Waals surface area contributed by atoms with Crippen LogP contribution >= 0.6 is 0 Å². The molecular formula is C25H29N3O2. The molecule has 0 spiro atoms. The average Bonchev–Trinajstić information content (AvgIpc) is 3.19. The summed E-state index contributed by atoms with van der Waals surface area (Å²) in [5, 5.41) is 7.93. The molecule has 4 rings (SSSR count). The Labute approximate surface area is 178 Å². The molecule has 5 nitrogen and oxygen atoms in total. The van der Waals surface area contributed by atoms with E-state index in [0.717, 1.165) is 48.2 Å². The van der Waals surface area contributed by atoms with Gasteiger partial charge in [0.15, 0.2) is 0 Å². The fourth-order valence-electron chi connectivity index (χ4n) is 4.20. The van der Waals surface area contributed by atoms with E-state index in [9.17, 15) is 4.79 Å². The predicted molar refractivity (Wildman–Crippen MR) is 118 cm³/mol. The van der Waals surface area contributed by atoms with Crippen LogP contribution in [0.5, 0.6) is 5.75 Å². The summed E-state index contributed by atoms with van der Waals surface area (Å²) in [7, 11) is 1.66. The van der Waals surface area contributed by atoms with Gasteiger partial charge in [-0.2, -0.15) is 5.10 Å². The second-order valence-electron chi connectivity index (χ2n) is 8.04. The number of ether oxygens (including phenoxy) is 1. The third-order valence-corrected chi connectivity index (χ3v) is 6.12. The van der Waals surface area contributed by atoms with Gasteiger partial charge < -0.3 is 10.1 Å². The average molecular weight is 404 g/mol. The SMILES string of the molecule is COc1ccc(CCC(=O)N[C@H]2CCCc3c2cnn3-c2cccc(C)c2C)cc1. The molecule has 1 heterocycles. The zero-order valence-electron chi connectivity index (χ0n) is 17.9. The van der Waals surface area contributed by atoms with Crippen molar-refractivity contribution in [2.45, 2.75) is 52.0 Å². The number of carbonyl (C=O) groups excluding carboxylic acids is 1. The number of benzene rings is 2. The molecule has 0 unspecified atom stereocenters. The van der Waals surface area contributed by atoms with Crippen molar-refractivity contribution in [2.75, 3.05) is 7.11 Å². The van der Waals surface area contributed by atoms with Crippen molar-refractivity contribution in [3.63, 3.8) is 0 Å². The molecule has 3 aromatic rings. The third kappa shape index (κ3) is 4.11. The number of fused-ring (bicyclic) bond motifs is 1. The highest BCUT2D eigenvalue weighted by molar-refractivity contribution is 5.76. The maximum absolute atomic E-state index is 12.6. The van der Waals surface area contributed by atoms with Crippen LogP contribution in [0, 0.1) is 13.8 Å². The van der Waals surface area contributed by atoms with Gasteiger partial charge in [0.05, 0.1) is 25.0 Å². The van der Waals surface area contributed by atoms with Crippen molar-refractivity contribution in [3.05, 3.63) is 76.6 Å². The molecule has 30 heavy (non-hydrogen) atoms. The lowest BCUT2D eigenvalue weighted by atomic mass is 9.92. The zero-order valence-corrected chi connectivity index (χ0v) is 17.9. The van der Waals surface area contributed by atoms with E-state index >= 15 is 0 Å². The van der Waals surface area contributed by atoms with Crippen molar-refractivity contribution < 1.29 is 9.53 Å². The van der Waals surface area contributed by atoms with Crippen LogP contribution in [-0.2, 0) is 17.6 Å². The second kappa shape index (κ2) is 8.74. The highest BCUT2D eigenvalue weighted by Crippen LogP contribution is 2.32. The molecule has 1 amide bonds. The maximum atomic E-state index is 12.6. The van der Waals surface area contributed by atoms with Gasteiger partial charge in [0, 0.05) is 17.7 Å². The minimum atomic E-state index is 0.0379. The lowest BCUT2D eigenvalue weighted by molar-refractivity contribution is -0.121. The molecule has 1 aromatic heterocycles. The third-order valence-electron chi connectivity index (χ3n) is 6.12. The van der Waals surface area contributed by atoms with Crippen LogP contribution in [0.2, 0.25) is 0 Å². The Morgan fingerprint density at radius 2 is 2.00 bits per heavy atom. The fraction of sp³-hybridized carbons (Fsp3) is 0.360. The maximum Gasteiger partial charge on any atom is 0.220 e. The minimum absolute atomic E-state index is 0.0379. The first-order valence-electron chi connectivity index (χ1n) is 10.6. The summed E-state index contributed by atoms with van der Waals surface area (Å²) in [4.78, 5) is 12.6. The van der Waals surface area contributed by atoms with Crippen molar-refractivity contribution in [2.24, 2.45) is 0 Å². The first-order chi connectivity index (χ1) is 14.6. The molecule has 0 aliphatic heterocycles. The van der Waals surface area contributed by atoms with Gasteiger partial charge in [-0.05, 0) is 74.4 Å². The molecule has 1 atom stereocenters. The molecule has 1 N–H and O–H groups in total. The van der Waals surface area contributed by atoms with Gasteiger partial charge in [-0.3, -0.25) is 4.79 Å². The number of carbonyl (C=O) groups is 1. The van der Waals surface area contributed by atoms with Crippen molar-refractivity contribution >= 4 is 5.91 Å². The number of amides is 1. The summed E-state index contributed by atoms with van der Waals surface area (Å²) >= 11 is 0. The molecule has 2 aromatic carbocycles. The molecular weight excluding hydrogens is 374 g/mol. The van der Waals surface area contributed by atoms with Crippen LogP contribution in [0.1, 0.15) is 53.3 Å². The zero-order chi connectivity index (χ0) is 21.1. The summed E-state index contributed by atoms with van der Waals surface area (Å²) in [6, 6.07) is 14.2. The number of nitrogens with one attached hydrogen (secondary N) is 1. The minimum Gasteiger partial charge on any atom is -0.497 e. The van der Waals surface area contributed by atoms with Gasteiger partial charge in [0.25, 0.3) is 0 Å². The topological polar surface area (TPSA) is 56.1 Å². The molecule has 156 valence electrons. The number of aryl methyl sites for hydroxylation is 2. The Balaban J connectivity index is 1.45. The molecule has 0 saturated heterocycles. The van der Waals surface area contributed by atoms with E-state index < -0.39 is 0 Å². The fourth-order valence-corrected chi connectivity index (χ4v) is 4.20. The number of nitrogens with zero attached hydrogens (tertiary/aromatic N) is 2. The van der Waals surface area contributed by atoms with Crippen LogP contribution in [0.4, 0.5) is 0 Å². The van der Waals surface area contributed by atoms with Crippen LogP contribution in [0.15, 0.2) is 48.7 Å². The largest absolute Gasteiger partial charge is 0.497 e. The van der Waals surface area contributed by atoms with Gasteiger partial charge in [-0.25, -0.2) is 4.68 Å².